The third-order valence-electron chi connectivity index (χ3n) is 4.31. The van der Waals surface area contributed by atoms with Gasteiger partial charge in [0.2, 0.25) is 6.41 Å². The van der Waals surface area contributed by atoms with Crippen LogP contribution in [0.2, 0.25) is 0 Å². The Morgan fingerprint density at radius 1 is 1.09 bits per heavy atom. The zero-order chi connectivity index (χ0) is 17.5. The van der Waals surface area contributed by atoms with Gasteiger partial charge in [-0.05, 0) is 38.7 Å². The van der Waals surface area contributed by atoms with Crippen LogP contribution in [0.5, 0.6) is 0 Å². The first-order valence-corrected chi connectivity index (χ1v) is 7.19. The molecule has 8 heteroatoms. The molecule has 0 bridgehead atoms. The summed E-state index contributed by atoms with van der Waals surface area (Å²) < 4.78 is 49.4. The molecule has 0 radical (unpaired) electrons. The van der Waals surface area contributed by atoms with E-state index in [2.05, 4.69) is 0 Å². The normalized spacial score (nSPS) is 19.7. The monoisotopic (exact) mass is 329 g/mol. The van der Waals surface area contributed by atoms with Gasteiger partial charge in [0.1, 0.15) is 0 Å². The molecule has 0 unspecified atom stereocenters. The van der Waals surface area contributed by atoms with E-state index in [4.69, 9.17) is 9.31 Å². The van der Waals surface area contributed by atoms with Gasteiger partial charge in [-0.25, -0.2) is 0 Å². The standard InChI is InChI=1S/C15H19BF3NO3/c1-13(2)14(3,4)23-16(22-13)12-7-5-11(6-8-12)9-20(10-21)15(17,18)19/h5-8,10H,9H2,1-4H3. The van der Waals surface area contributed by atoms with Gasteiger partial charge in [0.05, 0.1) is 17.7 Å². The van der Waals surface area contributed by atoms with E-state index in [9.17, 15) is 18.0 Å². The molecule has 23 heavy (non-hydrogen) atoms. The Hall–Kier alpha value is -1.54. The topological polar surface area (TPSA) is 38.8 Å². The lowest BCUT2D eigenvalue weighted by Gasteiger charge is -2.32. The predicted octanol–water partition coefficient (Wildman–Crippen LogP) is 2.46. The van der Waals surface area contributed by atoms with E-state index in [-0.39, 0.29) is 11.3 Å². The summed E-state index contributed by atoms with van der Waals surface area (Å²) in [5.74, 6) is 0. The Labute approximate surface area is 133 Å². The fourth-order valence-electron chi connectivity index (χ4n) is 2.14. The maximum atomic E-state index is 12.6. The molecule has 0 aliphatic carbocycles. The van der Waals surface area contributed by atoms with E-state index in [1.165, 1.54) is 12.1 Å². The number of nitrogens with zero attached hydrogens (tertiary/aromatic N) is 1. The predicted molar refractivity (Wildman–Crippen MR) is 79.8 cm³/mol. The van der Waals surface area contributed by atoms with Gasteiger partial charge in [0, 0.05) is 0 Å². The zero-order valence-corrected chi connectivity index (χ0v) is 13.5. The number of hydrogen-bond donors (Lipinski definition) is 0. The number of amides is 1. The largest absolute Gasteiger partial charge is 0.494 e. The third kappa shape index (κ3) is 3.69. The van der Waals surface area contributed by atoms with Gasteiger partial charge in [-0.3, -0.25) is 9.69 Å². The van der Waals surface area contributed by atoms with Crippen LogP contribution in [-0.4, -0.2) is 35.9 Å². The minimum absolute atomic E-state index is 0.212. The summed E-state index contributed by atoms with van der Waals surface area (Å²) in [6, 6.07) is 6.36. The first-order chi connectivity index (χ1) is 10.5. The van der Waals surface area contributed by atoms with Crippen molar-refractivity contribution in [2.24, 2.45) is 0 Å². The number of alkyl halides is 3. The number of halogens is 3. The van der Waals surface area contributed by atoms with Crippen molar-refractivity contribution in [2.75, 3.05) is 0 Å². The summed E-state index contributed by atoms with van der Waals surface area (Å²) in [6.45, 7) is 7.16. The van der Waals surface area contributed by atoms with Crippen molar-refractivity contribution in [3.63, 3.8) is 0 Å². The molecule has 1 aromatic rings. The average molecular weight is 329 g/mol. The molecule has 1 aliphatic heterocycles. The Morgan fingerprint density at radius 3 is 1.96 bits per heavy atom. The highest BCUT2D eigenvalue weighted by Crippen LogP contribution is 2.36. The lowest BCUT2D eigenvalue weighted by molar-refractivity contribution is -0.236. The summed E-state index contributed by atoms with van der Waals surface area (Å²) in [7, 11) is -0.571. The van der Waals surface area contributed by atoms with Crippen LogP contribution >= 0.6 is 0 Å². The molecule has 0 spiro atoms. The van der Waals surface area contributed by atoms with E-state index in [1.54, 1.807) is 12.1 Å². The van der Waals surface area contributed by atoms with Gasteiger partial charge in [-0.2, -0.15) is 0 Å². The minimum Gasteiger partial charge on any atom is -0.399 e. The highest BCUT2D eigenvalue weighted by atomic mass is 19.4. The Bertz CT molecular complexity index is 556. The number of carbonyl (C=O) groups is 1. The van der Waals surface area contributed by atoms with Crippen LogP contribution in [0.3, 0.4) is 0 Å². The van der Waals surface area contributed by atoms with Gasteiger partial charge in [0.15, 0.2) is 0 Å². The fraction of sp³-hybridized carbons (Fsp3) is 0.533. The van der Waals surface area contributed by atoms with E-state index >= 15 is 0 Å². The van der Waals surface area contributed by atoms with Crippen LogP contribution in [0.4, 0.5) is 13.2 Å². The molecule has 1 fully saturated rings. The average Bonchev–Trinajstić information content (AvgIpc) is 2.64. The molecule has 1 amide bonds. The van der Waals surface area contributed by atoms with Crippen molar-refractivity contribution in [3.05, 3.63) is 29.8 Å². The van der Waals surface area contributed by atoms with Gasteiger partial charge in [0.25, 0.3) is 0 Å². The molecule has 0 N–H and O–H groups in total. The molecule has 126 valence electrons. The quantitative estimate of drug-likeness (QED) is 0.484. The van der Waals surface area contributed by atoms with Crippen LogP contribution in [0.25, 0.3) is 0 Å². The molecular formula is C15H19BF3NO3. The first kappa shape index (κ1) is 17.8. The van der Waals surface area contributed by atoms with Crippen LogP contribution < -0.4 is 5.46 Å². The SMILES string of the molecule is CC1(C)OB(c2ccc(CN(C=O)C(F)(F)F)cc2)OC1(C)C. The smallest absolute Gasteiger partial charge is 0.399 e. The molecule has 4 nitrogen and oxygen atoms in total. The summed E-state index contributed by atoms with van der Waals surface area (Å²) in [4.78, 5) is 10.3. The maximum Gasteiger partial charge on any atom is 0.494 e. The molecule has 1 aromatic carbocycles. The Morgan fingerprint density at radius 2 is 1.57 bits per heavy atom. The molecule has 1 heterocycles. The van der Waals surface area contributed by atoms with E-state index in [0.717, 1.165) is 5.46 Å². The van der Waals surface area contributed by atoms with Crippen molar-refractivity contribution in [1.29, 1.82) is 0 Å². The highest BCUT2D eigenvalue weighted by molar-refractivity contribution is 6.62. The summed E-state index contributed by atoms with van der Waals surface area (Å²) in [5.41, 5.74) is 0.119. The van der Waals surface area contributed by atoms with Crippen molar-refractivity contribution < 1.29 is 27.3 Å². The summed E-state index contributed by atoms with van der Waals surface area (Å²) in [6.07, 6.45) is -4.91. The number of benzene rings is 1. The molecular weight excluding hydrogens is 310 g/mol. The van der Waals surface area contributed by atoms with Gasteiger partial charge < -0.3 is 9.31 Å². The summed E-state index contributed by atoms with van der Waals surface area (Å²) >= 11 is 0. The van der Waals surface area contributed by atoms with E-state index < -0.39 is 31.2 Å². The third-order valence-corrected chi connectivity index (χ3v) is 4.31. The molecule has 1 saturated heterocycles. The van der Waals surface area contributed by atoms with Crippen LogP contribution in [0, 0.1) is 0 Å². The zero-order valence-electron chi connectivity index (χ0n) is 13.5. The summed E-state index contributed by atoms with van der Waals surface area (Å²) in [5, 5.41) is 0. The fourth-order valence-corrected chi connectivity index (χ4v) is 2.14. The number of hydrogen-bond acceptors (Lipinski definition) is 3. The van der Waals surface area contributed by atoms with Crippen molar-refractivity contribution in [2.45, 2.75) is 51.7 Å². The van der Waals surface area contributed by atoms with Crippen LogP contribution in [0.1, 0.15) is 33.3 Å². The second kappa shape index (κ2) is 5.83. The van der Waals surface area contributed by atoms with E-state index in [1.807, 2.05) is 27.7 Å². The maximum absolute atomic E-state index is 12.6. The molecule has 0 saturated carbocycles. The number of rotatable bonds is 4. The molecule has 0 aromatic heterocycles. The number of carbonyl (C=O) groups excluding carboxylic acids is 1. The van der Waals surface area contributed by atoms with Crippen molar-refractivity contribution in [3.8, 4) is 0 Å². The molecule has 2 rings (SSSR count). The van der Waals surface area contributed by atoms with Gasteiger partial charge >= 0.3 is 13.4 Å². The highest BCUT2D eigenvalue weighted by Gasteiger charge is 2.51. The Balaban J connectivity index is 2.11. The molecule has 0 atom stereocenters. The van der Waals surface area contributed by atoms with Gasteiger partial charge in [-0.1, -0.05) is 24.3 Å². The van der Waals surface area contributed by atoms with Crippen molar-refractivity contribution in [1.82, 2.24) is 4.90 Å². The van der Waals surface area contributed by atoms with Crippen LogP contribution in [-0.2, 0) is 20.6 Å². The van der Waals surface area contributed by atoms with Crippen LogP contribution in [0.15, 0.2) is 24.3 Å². The van der Waals surface area contributed by atoms with E-state index in [0.29, 0.717) is 5.56 Å². The van der Waals surface area contributed by atoms with Crippen molar-refractivity contribution >= 4 is 19.0 Å². The van der Waals surface area contributed by atoms with Gasteiger partial charge in [-0.15, -0.1) is 13.2 Å². The Kier molecular flexibility index (Phi) is 4.52. The second-order valence-corrected chi connectivity index (χ2v) is 6.53. The molecule has 1 aliphatic rings. The lowest BCUT2D eigenvalue weighted by atomic mass is 9.79. The minimum atomic E-state index is -4.69. The second-order valence-electron chi connectivity index (χ2n) is 6.53. The first-order valence-electron chi connectivity index (χ1n) is 7.19. The lowest BCUT2D eigenvalue weighted by Crippen LogP contribution is -2.41.